The topological polar surface area (TPSA) is 43.4 Å². The Balaban J connectivity index is 2.36. The molecule has 0 aliphatic heterocycles. The van der Waals surface area contributed by atoms with Gasteiger partial charge in [-0.25, -0.2) is 0 Å². The zero-order valence-corrected chi connectivity index (χ0v) is 9.75. The minimum atomic E-state index is -0.848. The number of ether oxygens (including phenoxy) is 1. The van der Waals surface area contributed by atoms with Gasteiger partial charge in [0.2, 0.25) is 0 Å². The minimum absolute atomic E-state index is 0.0327. The lowest BCUT2D eigenvalue weighted by Crippen LogP contribution is -2.43. The van der Waals surface area contributed by atoms with Crippen LogP contribution in [0, 0.1) is 5.41 Å². The van der Waals surface area contributed by atoms with Crippen molar-refractivity contribution in [3.05, 3.63) is 11.6 Å². The van der Waals surface area contributed by atoms with Crippen LogP contribution in [0.25, 0.3) is 0 Å². The molecule has 88 valence electrons. The fourth-order valence-corrected chi connectivity index (χ4v) is 2.87. The Morgan fingerprint density at radius 2 is 2.12 bits per heavy atom. The van der Waals surface area contributed by atoms with Crippen LogP contribution in [0.5, 0.6) is 0 Å². The summed E-state index contributed by atoms with van der Waals surface area (Å²) in [6.07, 6.45) is 8.08. The van der Waals surface area contributed by atoms with E-state index in [2.05, 4.69) is 0 Å². The lowest BCUT2D eigenvalue weighted by molar-refractivity contribution is -0.158. The van der Waals surface area contributed by atoms with Crippen molar-refractivity contribution in [2.75, 3.05) is 7.11 Å². The Kier molecular flexibility index (Phi) is 3.13. The first-order chi connectivity index (χ1) is 7.70. The minimum Gasteiger partial charge on any atom is -0.468 e. The van der Waals surface area contributed by atoms with E-state index in [1.807, 2.05) is 6.08 Å². The van der Waals surface area contributed by atoms with E-state index in [9.17, 15) is 9.59 Å². The molecule has 2 aliphatic carbocycles. The maximum atomic E-state index is 12.3. The summed E-state index contributed by atoms with van der Waals surface area (Å²) in [6.45, 7) is 0. The molecule has 0 aromatic carbocycles. The number of carbonyl (C=O) groups is 2. The van der Waals surface area contributed by atoms with Crippen LogP contribution < -0.4 is 0 Å². The summed E-state index contributed by atoms with van der Waals surface area (Å²) in [5, 5.41) is 0. The highest BCUT2D eigenvalue weighted by atomic mass is 16.5. The van der Waals surface area contributed by atoms with Gasteiger partial charge in [0.15, 0.2) is 5.78 Å². The summed E-state index contributed by atoms with van der Waals surface area (Å²) < 4.78 is 4.85. The zero-order valence-electron chi connectivity index (χ0n) is 9.75. The van der Waals surface area contributed by atoms with Crippen molar-refractivity contribution < 1.29 is 14.3 Å². The van der Waals surface area contributed by atoms with Gasteiger partial charge in [0.1, 0.15) is 5.41 Å². The largest absolute Gasteiger partial charge is 0.468 e. The van der Waals surface area contributed by atoms with Gasteiger partial charge in [-0.2, -0.15) is 0 Å². The SMILES string of the molecule is COC(=O)C12CCC=C(CCCCC1)C2=O. The molecule has 2 bridgehead atoms. The van der Waals surface area contributed by atoms with Crippen LogP contribution in [-0.4, -0.2) is 18.9 Å². The molecule has 3 nitrogen and oxygen atoms in total. The van der Waals surface area contributed by atoms with Crippen LogP contribution in [-0.2, 0) is 14.3 Å². The van der Waals surface area contributed by atoms with E-state index in [0.29, 0.717) is 12.8 Å². The van der Waals surface area contributed by atoms with Crippen LogP contribution in [0.4, 0.5) is 0 Å². The molecule has 0 radical (unpaired) electrons. The Morgan fingerprint density at radius 1 is 1.31 bits per heavy atom. The molecule has 0 aromatic rings. The van der Waals surface area contributed by atoms with Crippen LogP contribution in [0.2, 0.25) is 0 Å². The molecule has 2 aliphatic rings. The molecular weight excluding hydrogens is 204 g/mol. The normalized spacial score (nSPS) is 30.1. The first-order valence-electron chi connectivity index (χ1n) is 6.03. The van der Waals surface area contributed by atoms with Gasteiger partial charge in [0, 0.05) is 0 Å². The molecule has 1 saturated carbocycles. The number of rotatable bonds is 1. The predicted molar refractivity (Wildman–Crippen MR) is 59.9 cm³/mol. The quantitative estimate of drug-likeness (QED) is 0.505. The molecule has 0 spiro atoms. The van der Waals surface area contributed by atoms with Gasteiger partial charge in [-0.15, -0.1) is 0 Å². The second-order valence-corrected chi connectivity index (χ2v) is 4.73. The molecule has 3 heteroatoms. The van der Waals surface area contributed by atoms with Gasteiger partial charge in [-0.3, -0.25) is 9.59 Å². The smallest absolute Gasteiger partial charge is 0.319 e. The summed E-state index contributed by atoms with van der Waals surface area (Å²) in [5.74, 6) is -0.296. The summed E-state index contributed by atoms with van der Waals surface area (Å²) in [7, 11) is 1.38. The molecule has 1 atom stereocenters. The number of carbonyl (C=O) groups excluding carboxylic acids is 2. The summed E-state index contributed by atoms with van der Waals surface area (Å²) in [5.41, 5.74) is 0.00977. The summed E-state index contributed by atoms with van der Waals surface area (Å²) >= 11 is 0. The molecule has 0 amide bonds. The predicted octanol–water partition coefficient (Wildman–Crippen LogP) is 2.40. The number of ketones is 1. The standard InChI is InChI=1S/C13H18O3/c1-16-12(15)13-8-4-2-3-6-10(11(13)14)7-5-9-13/h7H,2-6,8-9H2,1H3. The van der Waals surface area contributed by atoms with Crippen LogP contribution in [0.3, 0.4) is 0 Å². The Bertz CT molecular complexity index is 343. The third-order valence-corrected chi connectivity index (χ3v) is 3.81. The summed E-state index contributed by atoms with van der Waals surface area (Å²) in [4.78, 5) is 24.2. The lowest BCUT2D eigenvalue weighted by Gasteiger charge is -2.34. The number of hydrogen-bond acceptors (Lipinski definition) is 3. The Labute approximate surface area is 95.9 Å². The van der Waals surface area contributed by atoms with Crippen molar-refractivity contribution in [3.8, 4) is 0 Å². The van der Waals surface area contributed by atoms with E-state index in [1.54, 1.807) is 0 Å². The maximum absolute atomic E-state index is 12.3. The summed E-state index contributed by atoms with van der Waals surface area (Å²) in [6, 6.07) is 0. The highest BCUT2D eigenvalue weighted by molar-refractivity contribution is 6.12. The number of esters is 1. The van der Waals surface area contributed by atoms with Gasteiger partial charge in [-0.05, 0) is 37.7 Å². The number of Topliss-reactive ketones (excluding diaryl/α,β-unsaturated/α-hetero) is 1. The van der Waals surface area contributed by atoms with E-state index in [-0.39, 0.29) is 11.8 Å². The van der Waals surface area contributed by atoms with Gasteiger partial charge >= 0.3 is 5.97 Å². The van der Waals surface area contributed by atoms with Crippen molar-refractivity contribution in [2.45, 2.75) is 44.9 Å². The lowest BCUT2D eigenvalue weighted by atomic mass is 9.67. The van der Waals surface area contributed by atoms with E-state index < -0.39 is 5.41 Å². The third kappa shape index (κ3) is 1.68. The van der Waals surface area contributed by atoms with Gasteiger partial charge in [0.25, 0.3) is 0 Å². The van der Waals surface area contributed by atoms with E-state index in [0.717, 1.165) is 37.7 Å². The second-order valence-electron chi connectivity index (χ2n) is 4.73. The molecule has 0 heterocycles. The number of methoxy groups -OCH3 is 1. The van der Waals surface area contributed by atoms with Crippen LogP contribution in [0.15, 0.2) is 11.6 Å². The molecule has 1 fully saturated rings. The van der Waals surface area contributed by atoms with Crippen molar-refractivity contribution in [1.29, 1.82) is 0 Å². The molecule has 2 rings (SSSR count). The van der Waals surface area contributed by atoms with Crippen LogP contribution in [0.1, 0.15) is 44.9 Å². The molecular formula is C13H18O3. The molecule has 0 saturated heterocycles. The number of allylic oxidation sites excluding steroid dienone is 2. The highest BCUT2D eigenvalue weighted by Gasteiger charge is 2.48. The Hall–Kier alpha value is -1.12. The molecule has 16 heavy (non-hydrogen) atoms. The molecule has 1 unspecified atom stereocenters. The van der Waals surface area contributed by atoms with Crippen LogP contribution >= 0.6 is 0 Å². The van der Waals surface area contributed by atoms with Gasteiger partial charge in [0.05, 0.1) is 7.11 Å². The fourth-order valence-electron chi connectivity index (χ4n) is 2.87. The van der Waals surface area contributed by atoms with E-state index in [4.69, 9.17) is 4.74 Å². The number of hydrogen-bond donors (Lipinski definition) is 0. The van der Waals surface area contributed by atoms with Crippen molar-refractivity contribution >= 4 is 11.8 Å². The highest BCUT2D eigenvalue weighted by Crippen LogP contribution is 2.41. The fraction of sp³-hybridized carbons (Fsp3) is 0.692. The van der Waals surface area contributed by atoms with Crippen molar-refractivity contribution in [3.63, 3.8) is 0 Å². The average Bonchev–Trinajstić information content (AvgIpc) is 2.31. The van der Waals surface area contributed by atoms with E-state index in [1.165, 1.54) is 7.11 Å². The third-order valence-electron chi connectivity index (χ3n) is 3.81. The van der Waals surface area contributed by atoms with Gasteiger partial charge in [-0.1, -0.05) is 18.9 Å². The maximum Gasteiger partial charge on any atom is 0.319 e. The molecule has 0 N–H and O–H groups in total. The van der Waals surface area contributed by atoms with Crippen molar-refractivity contribution in [1.82, 2.24) is 0 Å². The monoisotopic (exact) mass is 222 g/mol. The van der Waals surface area contributed by atoms with Gasteiger partial charge < -0.3 is 4.74 Å². The Morgan fingerprint density at radius 3 is 2.88 bits per heavy atom. The second kappa shape index (κ2) is 4.40. The number of fused-ring (bicyclic) bond motifs is 2. The first kappa shape index (κ1) is 11.4. The first-order valence-corrected chi connectivity index (χ1v) is 6.03. The van der Waals surface area contributed by atoms with E-state index >= 15 is 0 Å². The van der Waals surface area contributed by atoms with Crippen molar-refractivity contribution in [2.24, 2.45) is 5.41 Å². The molecule has 0 aromatic heterocycles. The average molecular weight is 222 g/mol. The zero-order chi connectivity index (χ0) is 11.6.